The van der Waals surface area contributed by atoms with Gasteiger partial charge in [0.05, 0.1) is 12.7 Å². The van der Waals surface area contributed by atoms with Crippen LogP contribution in [0.4, 0.5) is 0 Å². The van der Waals surface area contributed by atoms with E-state index in [0.29, 0.717) is 6.42 Å². The first-order valence-corrected chi connectivity index (χ1v) is 5.87. The van der Waals surface area contributed by atoms with Gasteiger partial charge < -0.3 is 9.84 Å². The molecule has 94 valence electrons. The molecule has 0 bridgehead atoms. The molecular weight excluding hydrogens is 226 g/mol. The summed E-state index contributed by atoms with van der Waals surface area (Å²) in [5.41, 5.74) is 0.914. The molecule has 2 aromatic rings. The Morgan fingerprint density at radius 1 is 1.28 bits per heavy atom. The van der Waals surface area contributed by atoms with Gasteiger partial charge in [-0.2, -0.15) is 0 Å². The molecule has 0 saturated heterocycles. The van der Waals surface area contributed by atoms with Gasteiger partial charge >= 0.3 is 0 Å². The summed E-state index contributed by atoms with van der Waals surface area (Å²) in [6.07, 6.45) is 3.92. The lowest BCUT2D eigenvalue weighted by Crippen LogP contribution is -2.24. The summed E-state index contributed by atoms with van der Waals surface area (Å²) >= 11 is 0. The third kappa shape index (κ3) is 2.87. The van der Waals surface area contributed by atoms with Crippen LogP contribution in [0, 0.1) is 0 Å². The molecule has 0 aliphatic rings. The Kier molecular flexibility index (Phi) is 3.63. The van der Waals surface area contributed by atoms with E-state index >= 15 is 0 Å². The normalized spacial score (nSPS) is 13.9. The van der Waals surface area contributed by atoms with Gasteiger partial charge in [0.15, 0.2) is 0 Å². The topological polar surface area (TPSA) is 42.4 Å². The van der Waals surface area contributed by atoms with E-state index in [2.05, 4.69) is 4.98 Å². The minimum absolute atomic E-state index is 0.524. The quantitative estimate of drug-likeness (QED) is 0.897. The Labute approximate surface area is 107 Å². The van der Waals surface area contributed by atoms with Crippen LogP contribution in [0.5, 0.6) is 5.75 Å². The van der Waals surface area contributed by atoms with Gasteiger partial charge in [0, 0.05) is 24.4 Å². The van der Waals surface area contributed by atoms with Gasteiger partial charge in [-0.3, -0.25) is 4.98 Å². The zero-order chi connectivity index (χ0) is 13.0. The van der Waals surface area contributed by atoms with Gasteiger partial charge in [-0.05, 0) is 30.7 Å². The second kappa shape index (κ2) is 5.19. The SMILES string of the molecule is COc1cccc(CC(C)(O)c2cccnc2)c1. The van der Waals surface area contributed by atoms with E-state index in [1.165, 1.54) is 0 Å². The van der Waals surface area contributed by atoms with Crippen LogP contribution in [-0.2, 0) is 12.0 Å². The number of pyridine rings is 1. The Morgan fingerprint density at radius 3 is 2.78 bits per heavy atom. The average Bonchev–Trinajstić information content (AvgIpc) is 2.39. The monoisotopic (exact) mass is 243 g/mol. The minimum atomic E-state index is -0.930. The standard InChI is InChI=1S/C15H17NO2/c1-15(17,13-6-4-8-16-11-13)10-12-5-3-7-14(9-12)18-2/h3-9,11,17H,10H2,1-2H3. The zero-order valence-electron chi connectivity index (χ0n) is 10.6. The zero-order valence-corrected chi connectivity index (χ0v) is 10.6. The highest BCUT2D eigenvalue weighted by Gasteiger charge is 2.23. The van der Waals surface area contributed by atoms with Crippen LogP contribution in [-0.4, -0.2) is 17.2 Å². The lowest BCUT2D eigenvalue weighted by molar-refractivity contribution is 0.0572. The summed E-state index contributed by atoms with van der Waals surface area (Å²) in [4.78, 5) is 4.04. The first kappa shape index (κ1) is 12.6. The molecule has 0 radical (unpaired) electrons. The highest BCUT2D eigenvalue weighted by atomic mass is 16.5. The highest BCUT2D eigenvalue weighted by Crippen LogP contribution is 2.25. The van der Waals surface area contributed by atoms with Crippen molar-refractivity contribution in [3.05, 3.63) is 59.9 Å². The van der Waals surface area contributed by atoms with E-state index in [0.717, 1.165) is 16.9 Å². The molecule has 0 aliphatic heterocycles. The molecule has 1 aromatic heterocycles. The van der Waals surface area contributed by atoms with Crippen LogP contribution in [0.25, 0.3) is 0 Å². The number of aliphatic hydroxyl groups is 1. The van der Waals surface area contributed by atoms with Crippen LogP contribution < -0.4 is 4.74 Å². The smallest absolute Gasteiger partial charge is 0.119 e. The van der Waals surface area contributed by atoms with Crippen molar-refractivity contribution in [2.45, 2.75) is 18.9 Å². The highest BCUT2D eigenvalue weighted by molar-refractivity contribution is 5.31. The van der Waals surface area contributed by atoms with Crippen LogP contribution in [0.15, 0.2) is 48.8 Å². The lowest BCUT2D eigenvalue weighted by Gasteiger charge is -2.23. The van der Waals surface area contributed by atoms with Crippen LogP contribution in [0.2, 0.25) is 0 Å². The van der Waals surface area contributed by atoms with Gasteiger partial charge in [0.2, 0.25) is 0 Å². The molecular formula is C15H17NO2. The lowest BCUT2D eigenvalue weighted by atomic mass is 9.90. The molecule has 0 saturated carbocycles. The van der Waals surface area contributed by atoms with E-state index in [4.69, 9.17) is 4.74 Å². The molecule has 3 heteroatoms. The summed E-state index contributed by atoms with van der Waals surface area (Å²) < 4.78 is 5.18. The van der Waals surface area contributed by atoms with E-state index in [1.807, 2.05) is 36.4 Å². The van der Waals surface area contributed by atoms with E-state index in [-0.39, 0.29) is 0 Å². The van der Waals surface area contributed by atoms with Crippen LogP contribution in [0.1, 0.15) is 18.1 Å². The maximum Gasteiger partial charge on any atom is 0.119 e. The molecule has 0 spiro atoms. The van der Waals surface area contributed by atoms with Gasteiger partial charge in [-0.15, -0.1) is 0 Å². The first-order chi connectivity index (χ1) is 8.62. The fourth-order valence-electron chi connectivity index (χ4n) is 1.96. The number of methoxy groups -OCH3 is 1. The van der Waals surface area contributed by atoms with E-state index < -0.39 is 5.60 Å². The maximum atomic E-state index is 10.5. The minimum Gasteiger partial charge on any atom is -0.497 e. The van der Waals surface area contributed by atoms with Crippen molar-refractivity contribution in [3.8, 4) is 5.75 Å². The van der Waals surface area contributed by atoms with E-state index in [1.54, 1.807) is 26.4 Å². The predicted octanol–water partition coefficient (Wildman–Crippen LogP) is 2.54. The number of aromatic nitrogens is 1. The second-order valence-electron chi connectivity index (χ2n) is 4.54. The summed E-state index contributed by atoms with van der Waals surface area (Å²) in [5, 5.41) is 10.5. The largest absolute Gasteiger partial charge is 0.497 e. The van der Waals surface area contributed by atoms with Crippen molar-refractivity contribution in [1.82, 2.24) is 4.98 Å². The predicted molar refractivity (Wildman–Crippen MR) is 70.5 cm³/mol. The fourth-order valence-corrected chi connectivity index (χ4v) is 1.96. The first-order valence-electron chi connectivity index (χ1n) is 5.87. The molecule has 1 aromatic carbocycles. The molecule has 0 aliphatic carbocycles. The van der Waals surface area contributed by atoms with Gasteiger partial charge in [0.1, 0.15) is 5.75 Å². The number of hydrogen-bond donors (Lipinski definition) is 1. The van der Waals surface area contributed by atoms with Crippen molar-refractivity contribution in [3.63, 3.8) is 0 Å². The number of ether oxygens (including phenoxy) is 1. The molecule has 1 atom stereocenters. The molecule has 18 heavy (non-hydrogen) atoms. The van der Waals surface area contributed by atoms with Crippen molar-refractivity contribution in [2.24, 2.45) is 0 Å². The van der Waals surface area contributed by atoms with Crippen molar-refractivity contribution >= 4 is 0 Å². The number of hydrogen-bond acceptors (Lipinski definition) is 3. The van der Waals surface area contributed by atoms with Crippen LogP contribution >= 0.6 is 0 Å². The average molecular weight is 243 g/mol. The number of benzene rings is 1. The van der Waals surface area contributed by atoms with Crippen molar-refractivity contribution < 1.29 is 9.84 Å². The molecule has 1 heterocycles. The van der Waals surface area contributed by atoms with E-state index in [9.17, 15) is 5.11 Å². The molecule has 3 nitrogen and oxygen atoms in total. The third-order valence-corrected chi connectivity index (χ3v) is 2.97. The molecule has 2 rings (SSSR count). The summed E-state index contributed by atoms with van der Waals surface area (Å²) in [6.45, 7) is 1.80. The van der Waals surface area contributed by atoms with Gasteiger partial charge in [-0.1, -0.05) is 18.2 Å². The van der Waals surface area contributed by atoms with Crippen molar-refractivity contribution in [2.75, 3.05) is 7.11 Å². The summed E-state index contributed by atoms with van der Waals surface area (Å²) in [5.74, 6) is 0.800. The second-order valence-corrected chi connectivity index (χ2v) is 4.54. The molecule has 1 unspecified atom stereocenters. The number of nitrogens with zero attached hydrogens (tertiary/aromatic N) is 1. The van der Waals surface area contributed by atoms with Crippen LogP contribution in [0.3, 0.4) is 0 Å². The third-order valence-electron chi connectivity index (χ3n) is 2.97. The van der Waals surface area contributed by atoms with Gasteiger partial charge in [0.25, 0.3) is 0 Å². The summed E-state index contributed by atoms with van der Waals surface area (Å²) in [6, 6.07) is 11.4. The Hall–Kier alpha value is -1.87. The Balaban J connectivity index is 2.22. The molecule has 0 fully saturated rings. The molecule has 0 amide bonds. The summed E-state index contributed by atoms with van der Waals surface area (Å²) in [7, 11) is 1.64. The maximum absolute atomic E-state index is 10.5. The fraction of sp³-hybridized carbons (Fsp3) is 0.267. The van der Waals surface area contributed by atoms with Crippen molar-refractivity contribution in [1.29, 1.82) is 0 Å². The Morgan fingerprint density at radius 2 is 2.11 bits per heavy atom. The van der Waals surface area contributed by atoms with Gasteiger partial charge in [-0.25, -0.2) is 0 Å². The number of rotatable bonds is 4. The Bertz CT molecular complexity index is 509. The molecule has 1 N–H and O–H groups in total.